The monoisotopic (exact) mass is 293 g/mol. The first kappa shape index (κ1) is 25.6. The smallest absolute Gasteiger partial charge is 2.00 e. The zero-order valence-corrected chi connectivity index (χ0v) is 11.6. The normalized spacial score (nSPS) is 0. The van der Waals surface area contributed by atoms with E-state index in [2.05, 4.69) is 0 Å². The molecule has 4 heteroatoms. The van der Waals surface area contributed by atoms with Gasteiger partial charge in [0.2, 0.25) is 0 Å². The minimum atomic E-state index is 0. The van der Waals surface area contributed by atoms with Crippen LogP contribution >= 0.6 is 0 Å². The van der Waals surface area contributed by atoms with Crippen molar-refractivity contribution in [2.45, 2.75) is 0 Å². The second-order valence-electron chi connectivity index (χ2n) is 0. The maximum Gasteiger partial charge on any atom is 5.00 e. The van der Waals surface area contributed by atoms with E-state index >= 15 is 0 Å². The van der Waals surface area contributed by atoms with Gasteiger partial charge in [0, 0.05) is 0 Å². The van der Waals surface area contributed by atoms with Gasteiger partial charge >= 0.3 is 113 Å². The first-order valence-corrected chi connectivity index (χ1v) is 0. The molecule has 0 aromatic rings. The molecule has 0 spiro atoms. The van der Waals surface area contributed by atoms with Crippen molar-refractivity contribution in [3.63, 3.8) is 0 Å². The van der Waals surface area contributed by atoms with Crippen LogP contribution in [0.1, 0.15) is 0 Å². The predicted octanol–water partition coefficient (Wildman–Crippen LogP) is -0.883. The largest absolute Gasteiger partial charge is 5.00 e. The molecule has 0 heterocycles. The number of hydrogen-bond donors (Lipinski definition) is 0. The van der Waals surface area contributed by atoms with Gasteiger partial charge in [-0.1, -0.05) is 0 Å². The third-order valence-electron chi connectivity index (χ3n) is 0. The molecule has 0 N–H and O–H groups in total. The quantitative estimate of drug-likeness (QED) is 0.519. The molecule has 0 saturated heterocycles. The van der Waals surface area contributed by atoms with Crippen molar-refractivity contribution >= 4 is 94.4 Å². The van der Waals surface area contributed by atoms with E-state index in [1.807, 2.05) is 0 Å². The van der Waals surface area contributed by atoms with E-state index in [0.717, 1.165) is 0 Å². The minimum absolute atomic E-state index is 0. The molecule has 0 aromatic carbocycles. The van der Waals surface area contributed by atoms with Gasteiger partial charge in [-0.15, -0.1) is 0 Å². The van der Waals surface area contributed by atoms with Crippen LogP contribution in [0.3, 0.4) is 0 Å². The Balaban J connectivity index is 0. The van der Waals surface area contributed by atoms with Crippen molar-refractivity contribution in [3.8, 4) is 0 Å². The zero-order valence-electron chi connectivity index (χ0n) is 2.27. The Bertz CT molecular complexity index is 8.00. The molecular weight excluding hydrogens is 292 g/mol. The second kappa shape index (κ2) is 16.0. The molecule has 0 rings (SSSR count). The predicted molar refractivity (Wildman–Crippen MR) is 12.2 cm³/mol. The van der Waals surface area contributed by atoms with E-state index < -0.39 is 0 Å². The second-order valence-corrected chi connectivity index (χ2v) is 0. The Morgan fingerprint density at radius 2 is 1.00 bits per heavy atom. The maximum absolute atomic E-state index is 0. The van der Waals surface area contributed by atoms with Crippen LogP contribution in [0.4, 0.5) is 0 Å². The van der Waals surface area contributed by atoms with Crippen molar-refractivity contribution in [3.05, 3.63) is 0 Å². The summed E-state index contributed by atoms with van der Waals surface area (Å²) in [5.41, 5.74) is 0. The zero-order chi connectivity index (χ0) is 0. The van der Waals surface area contributed by atoms with E-state index in [-0.39, 0.29) is 118 Å². The van der Waals surface area contributed by atoms with Gasteiger partial charge < -0.3 is 5.48 Å². The van der Waals surface area contributed by atoms with Gasteiger partial charge in [0.1, 0.15) is 0 Å². The van der Waals surface area contributed by atoms with Crippen LogP contribution in [0.5, 0.6) is 0 Å². The van der Waals surface area contributed by atoms with Crippen molar-refractivity contribution in [2.24, 2.45) is 0 Å². The molecule has 0 aromatic heterocycles. The molecule has 0 bridgehead atoms. The molecule has 0 atom stereocenters. The molecule has 0 unspecified atom stereocenters. The number of rotatable bonds is 0. The molecular formula is BaOSrV+7. The Hall–Kier alpha value is 3.60. The van der Waals surface area contributed by atoms with Gasteiger partial charge in [0.25, 0.3) is 0 Å². The first-order valence-electron chi connectivity index (χ1n) is 0. The van der Waals surface area contributed by atoms with E-state index in [1.54, 1.807) is 0 Å². The van der Waals surface area contributed by atoms with Crippen molar-refractivity contribution in [1.29, 1.82) is 0 Å². The molecule has 0 aliphatic rings. The number of hydrogen-bond acceptors (Lipinski definition) is 0. The van der Waals surface area contributed by atoms with Gasteiger partial charge in [-0.2, -0.15) is 0 Å². The van der Waals surface area contributed by atoms with Gasteiger partial charge in [0.15, 0.2) is 0 Å². The van der Waals surface area contributed by atoms with Gasteiger partial charge in [0.05, 0.1) is 0 Å². The summed E-state index contributed by atoms with van der Waals surface area (Å²) in [4.78, 5) is 0. The summed E-state index contributed by atoms with van der Waals surface area (Å²) in [7, 11) is 0. The van der Waals surface area contributed by atoms with Gasteiger partial charge in [-0.25, -0.2) is 0 Å². The molecule has 0 aliphatic carbocycles. The molecule has 8 valence electrons. The summed E-state index contributed by atoms with van der Waals surface area (Å²) in [6.45, 7) is 0. The fourth-order valence-electron chi connectivity index (χ4n) is 0. The molecule has 0 fully saturated rings. The van der Waals surface area contributed by atoms with Crippen LogP contribution in [0.15, 0.2) is 0 Å². The van der Waals surface area contributed by atoms with E-state index in [9.17, 15) is 0 Å². The maximum atomic E-state index is 0. The standard InChI is InChI=1S/Ba.O.Sr.V/q+2;-2;+2;+5. The van der Waals surface area contributed by atoms with Gasteiger partial charge in [-0.3, -0.25) is 0 Å². The van der Waals surface area contributed by atoms with Crippen LogP contribution in [0, 0.1) is 0 Å². The Morgan fingerprint density at radius 1 is 1.00 bits per heavy atom. The summed E-state index contributed by atoms with van der Waals surface area (Å²) < 4.78 is 0. The minimum Gasteiger partial charge on any atom is -2.00 e. The first-order chi connectivity index (χ1) is 0. The van der Waals surface area contributed by atoms with Crippen LogP contribution in [0.25, 0.3) is 0 Å². The third-order valence-corrected chi connectivity index (χ3v) is 0. The van der Waals surface area contributed by atoms with Crippen LogP contribution in [0.2, 0.25) is 0 Å². The molecule has 0 radical (unpaired) electrons. The molecule has 0 aliphatic heterocycles. The van der Waals surface area contributed by atoms with Crippen molar-refractivity contribution in [1.82, 2.24) is 0 Å². The van der Waals surface area contributed by atoms with Crippen LogP contribution in [-0.2, 0) is 24.0 Å². The van der Waals surface area contributed by atoms with Crippen LogP contribution < -0.4 is 0 Å². The fourth-order valence-corrected chi connectivity index (χ4v) is 0. The topological polar surface area (TPSA) is 28.5 Å². The third kappa shape index (κ3) is 9.14. The molecule has 0 saturated carbocycles. The Kier molecular flexibility index (Phi) is 102. The average Bonchev–Trinajstić information content (AvgIpc) is 0. The Labute approximate surface area is 115 Å². The summed E-state index contributed by atoms with van der Waals surface area (Å²) in [6.07, 6.45) is 0. The van der Waals surface area contributed by atoms with Gasteiger partial charge in [-0.05, 0) is 0 Å². The summed E-state index contributed by atoms with van der Waals surface area (Å²) >= 11 is 0. The van der Waals surface area contributed by atoms with Crippen molar-refractivity contribution in [2.75, 3.05) is 0 Å². The van der Waals surface area contributed by atoms with Crippen LogP contribution in [-0.4, -0.2) is 94.4 Å². The average molecular weight is 292 g/mol. The summed E-state index contributed by atoms with van der Waals surface area (Å²) in [5.74, 6) is 0. The summed E-state index contributed by atoms with van der Waals surface area (Å²) in [5, 5.41) is 0. The van der Waals surface area contributed by atoms with E-state index in [0.29, 0.717) is 0 Å². The van der Waals surface area contributed by atoms with Crippen molar-refractivity contribution < 1.29 is 24.0 Å². The summed E-state index contributed by atoms with van der Waals surface area (Å²) in [6, 6.07) is 0. The molecule has 1 nitrogen and oxygen atoms in total. The SMILES string of the molecule is [Ba+2].[O-2].[Sr+2].[V+5]. The Morgan fingerprint density at radius 3 is 1.00 bits per heavy atom. The van der Waals surface area contributed by atoms with E-state index in [1.165, 1.54) is 0 Å². The molecule has 0 amide bonds. The van der Waals surface area contributed by atoms with E-state index in [4.69, 9.17) is 0 Å². The molecule has 4 heavy (non-hydrogen) atoms. The fraction of sp³-hybridized carbons (Fsp3) is 0.